The number of benzene rings is 1. The first-order chi connectivity index (χ1) is 8.45. The second-order valence-electron chi connectivity index (χ2n) is 3.71. The molecule has 1 aromatic carbocycles. The number of aliphatic hydroxyl groups is 2. The quantitative estimate of drug-likeness (QED) is 0.791. The van der Waals surface area contributed by atoms with Crippen molar-refractivity contribution in [3.05, 3.63) is 35.1 Å². The van der Waals surface area contributed by atoms with Crippen LogP contribution in [0.1, 0.15) is 28.9 Å². The Morgan fingerprint density at radius 1 is 1.50 bits per heavy atom. The molecule has 18 heavy (non-hydrogen) atoms. The normalized spacial score (nSPS) is 14.0. The molecule has 0 fully saturated rings. The van der Waals surface area contributed by atoms with E-state index >= 15 is 0 Å². The Balaban J connectivity index is 2.88. The second-order valence-corrected chi connectivity index (χ2v) is 4.90. The number of hydrogen-bond donors (Lipinski definition) is 2. The molecule has 6 heteroatoms. The van der Waals surface area contributed by atoms with Crippen molar-refractivity contribution in [3.8, 4) is 0 Å². The number of aliphatic hydroxyl groups excluding tert-OH is 2. The molecule has 1 aromatic rings. The van der Waals surface area contributed by atoms with E-state index in [1.54, 1.807) is 0 Å². The lowest BCUT2D eigenvalue weighted by atomic mass is 10.00. The summed E-state index contributed by atoms with van der Waals surface area (Å²) >= 11 is 0.849. The second kappa shape index (κ2) is 6.63. The Hall–Kier alpha value is -1.24. The predicted octanol–water partition coefficient (Wildman–Crippen LogP) is 1.31. The van der Waals surface area contributed by atoms with Crippen molar-refractivity contribution in [1.29, 1.82) is 0 Å². The van der Waals surface area contributed by atoms with E-state index in [4.69, 9.17) is 0 Å². The van der Waals surface area contributed by atoms with Crippen LogP contribution in [0.5, 0.6) is 0 Å². The van der Waals surface area contributed by atoms with Gasteiger partial charge in [0.25, 0.3) is 0 Å². The van der Waals surface area contributed by atoms with Crippen molar-refractivity contribution in [3.63, 3.8) is 0 Å². The number of rotatable bonds is 5. The van der Waals surface area contributed by atoms with Crippen molar-refractivity contribution in [2.75, 3.05) is 5.75 Å². The molecule has 0 heterocycles. The van der Waals surface area contributed by atoms with E-state index in [1.807, 2.05) is 0 Å². The van der Waals surface area contributed by atoms with E-state index in [0.717, 1.165) is 23.9 Å². The van der Waals surface area contributed by atoms with Crippen LogP contribution < -0.4 is 0 Å². The van der Waals surface area contributed by atoms with E-state index in [-0.39, 0.29) is 22.0 Å². The Morgan fingerprint density at radius 3 is 2.72 bits per heavy atom. The summed E-state index contributed by atoms with van der Waals surface area (Å²) in [5, 5.41) is 19.3. The van der Waals surface area contributed by atoms with Gasteiger partial charge in [0, 0.05) is 18.2 Å². The van der Waals surface area contributed by atoms with Crippen molar-refractivity contribution in [1.82, 2.24) is 0 Å². The smallest absolute Gasteiger partial charge is 0.185 e. The van der Waals surface area contributed by atoms with Crippen LogP contribution in [0.2, 0.25) is 0 Å². The lowest BCUT2D eigenvalue weighted by Crippen LogP contribution is -2.22. The van der Waals surface area contributed by atoms with Gasteiger partial charge in [0.2, 0.25) is 0 Å². The highest BCUT2D eigenvalue weighted by Crippen LogP contribution is 2.23. The summed E-state index contributed by atoms with van der Waals surface area (Å²) in [7, 11) is 0. The minimum atomic E-state index is -1.41. The van der Waals surface area contributed by atoms with Gasteiger partial charge in [-0.2, -0.15) is 0 Å². The topological polar surface area (TPSA) is 74.6 Å². The monoisotopic (exact) mass is 272 g/mol. The summed E-state index contributed by atoms with van der Waals surface area (Å²) in [4.78, 5) is 21.5. The average molecular weight is 272 g/mol. The highest BCUT2D eigenvalue weighted by Gasteiger charge is 2.22. The maximum Gasteiger partial charge on any atom is 0.185 e. The molecule has 2 unspecified atom stereocenters. The van der Waals surface area contributed by atoms with E-state index in [2.05, 4.69) is 0 Å². The summed E-state index contributed by atoms with van der Waals surface area (Å²) < 4.78 is 13.1. The fourth-order valence-electron chi connectivity index (χ4n) is 1.41. The third kappa shape index (κ3) is 3.90. The highest BCUT2D eigenvalue weighted by atomic mass is 32.2. The third-order valence-corrected chi connectivity index (χ3v) is 3.23. The number of carbonyl (C=O) groups is 2. The van der Waals surface area contributed by atoms with Gasteiger partial charge in [-0.3, -0.25) is 9.59 Å². The molecule has 0 aromatic heterocycles. The van der Waals surface area contributed by atoms with E-state index in [0.29, 0.717) is 6.29 Å². The average Bonchev–Trinajstić information content (AvgIpc) is 2.34. The molecule has 0 aliphatic carbocycles. The molecule has 0 saturated heterocycles. The number of aldehydes is 1. The molecule has 0 saturated carbocycles. The van der Waals surface area contributed by atoms with Crippen molar-refractivity contribution < 1.29 is 24.2 Å². The van der Waals surface area contributed by atoms with Crippen LogP contribution >= 0.6 is 11.8 Å². The van der Waals surface area contributed by atoms with Crippen molar-refractivity contribution >= 4 is 23.2 Å². The molecule has 2 N–H and O–H groups in total. The Bertz CT molecular complexity index is 450. The number of carbonyl (C=O) groups excluding carboxylic acids is 2. The fraction of sp³-hybridized carbons (Fsp3) is 0.333. The van der Waals surface area contributed by atoms with Gasteiger partial charge in [-0.25, -0.2) is 4.39 Å². The summed E-state index contributed by atoms with van der Waals surface area (Å²) in [6.45, 7) is 1.34. The molecule has 0 aliphatic heterocycles. The first-order valence-corrected chi connectivity index (χ1v) is 6.18. The largest absolute Gasteiger partial charge is 0.389 e. The van der Waals surface area contributed by atoms with Gasteiger partial charge in [0.15, 0.2) is 5.12 Å². The van der Waals surface area contributed by atoms with Gasteiger partial charge in [-0.15, -0.1) is 0 Å². The predicted molar refractivity (Wildman–Crippen MR) is 65.9 cm³/mol. The van der Waals surface area contributed by atoms with Crippen LogP contribution in [0.15, 0.2) is 18.2 Å². The standard InChI is InChI=1S/C12H13FO4S/c1-7(15)18-6-11(16)12(17)10-4-9(13)3-2-8(10)5-14/h2-5,11-12,16-17H,6H2,1H3. The minimum Gasteiger partial charge on any atom is -0.389 e. The van der Waals surface area contributed by atoms with Gasteiger partial charge in [-0.1, -0.05) is 11.8 Å². The molecule has 2 atom stereocenters. The molecule has 4 nitrogen and oxygen atoms in total. The number of hydrogen-bond acceptors (Lipinski definition) is 5. The van der Waals surface area contributed by atoms with E-state index in [9.17, 15) is 24.2 Å². The lowest BCUT2D eigenvalue weighted by Gasteiger charge is -2.18. The first-order valence-electron chi connectivity index (χ1n) is 5.19. The number of halogens is 1. The maximum absolute atomic E-state index is 13.1. The van der Waals surface area contributed by atoms with Gasteiger partial charge in [-0.05, 0) is 23.8 Å². The Kier molecular flexibility index (Phi) is 5.46. The summed E-state index contributed by atoms with van der Waals surface area (Å²) in [6, 6.07) is 3.32. The first kappa shape index (κ1) is 14.8. The SMILES string of the molecule is CC(=O)SCC(O)C(O)c1cc(F)ccc1C=O. The van der Waals surface area contributed by atoms with Crippen LogP contribution in [0.4, 0.5) is 4.39 Å². The van der Waals surface area contributed by atoms with Gasteiger partial charge >= 0.3 is 0 Å². The molecule has 0 bridgehead atoms. The van der Waals surface area contributed by atoms with Crippen LogP contribution in [0.25, 0.3) is 0 Å². The molecule has 0 radical (unpaired) electrons. The van der Waals surface area contributed by atoms with Crippen LogP contribution in [0, 0.1) is 5.82 Å². The van der Waals surface area contributed by atoms with E-state index in [1.165, 1.54) is 13.0 Å². The zero-order valence-corrected chi connectivity index (χ0v) is 10.5. The van der Waals surface area contributed by atoms with Crippen LogP contribution in [-0.2, 0) is 4.79 Å². The van der Waals surface area contributed by atoms with E-state index < -0.39 is 18.0 Å². The molecule has 0 amide bonds. The molecular formula is C12H13FO4S. The molecule has 98 valence electrons. The Labute approximate surface area is 108 Å². The molecular weight excluding hydrogens is 259 g/mol. The van der Waals surface area contributed by atoms with Gasteiger partial charge in [0.05, 0.1) is 6.10 Å². The van der Waals surface area contributed by atoms with Gasteiger partial charge in [0.1, 0.15) is 18.2 Å². The van der Waals surface area contributed by atoms with Crippen molar-refractivity contribution in [2.24, 2.45) is 0 Å². The van der Waals surface area contributed by atoms with Crippen molar-refractivity contribution in [2.45, 2.75) is 19.1 Å². The van der Waals surface area contributed by atoms with Crippen LogP contribution in [-0.4, -0.2) is 33.5 Å². The summed E-state index contributed by atoms with van der Waals surface area (Å²) in [6.07, 6.45) is -2.19. The fourth-order valence-corrected chi connectivity index (χ4v) is 2.00. The number of thioether (sulfide) groups is 1. The zero-order chi connectivity index (χ0) is 13.7. The lowest BCUT2D eigenvalue weighted by molar-refractivity contribution is -0.109. The zero-order valence-electron chi connectivity index (χ0n) is 9.67. The summed E-state index contributed by atoms with van der Waals surface area (Å²) in [5.41, 5.74) is 0.123. The highest BCUT2D eigenvalue weighted by molar-refractivity contribution is 8.13. The third-order valence-electron chi connectivity index (χ3n) is 2.32. The molecule has 1 rings (SSSR count). The molecule has 0 aliphatic rings. The Morgan fingerprint density at radius 2 is 2.17 bits per heavy atom. The molecule has 0 spiro atoms. The van der Waals surface area contributed by atoms with Crippen LogP contribution in [0.3, 0.4) is 0 Å². The van der Waals surface area contributed by atoms with Gasteiger partial charge < -0.3 is 10.2 Å². The summed E-state index contributed by atoms with van der Waals surface area (Å²) in [5.74, 6) is -0.633. The maximum atomic E-state index is 13.1. The minimum absolute atomic E-state index is 0.0154.